The van der Waals surface area contributed by atoms with E-state index >= 15 is 0 Å². The molecule has 2 aromatic rings. The summed E-state index contributed by atoms with van der Waals surface area (Å²) in [5.74, 6) is 0.0256. The number of hydrogen-bond acceptors (Lipinski definition) is 3. The highest BCUT2D eigenvalue weighted by Gasteiger charge is 2.39. The molecule has 3 N–H and O–H groups in total. The van der Waals surface area contributed by atoms with Crippen LogP contribution in [0.4, 0.5) is 0 Å². The molecule has 3 rings (SSSR count). The van der Waals surface area contributed by atoms with Crippen molar-refractivity contribution < 1.29 is 18.5 Å². The van der Waals surface area contributed by atoms with Crippen LogP contribution in [0.2, 0.25) is 0 Å². The van der Waals surface area contributed by atoms with Crippen molar-refractivity contribution in [3.63, 3.8) is 0 Å². The Labute approximate surface area is 161 Å². The summed E-state index contributed by atoms with van der Waals surface area (Å²) >= 11 is 0. The zero-order valence-electron chi connectivity index (χ0n) is 15.8. The summed E-state index contributed by atoms with van der Waals surface area (Å²) in [6, 6.07) is 18.4. The Kier molecular flexibility index (Phi) is 5.67. The molecule has 1 amide bonds. The van der Waals surface area contributed by atoms with Crippen molar-refractivity contribution in [1.29, 1.82) is 0 Å². The second-order valence-electron chi connectivity index (χ2n) is 7.69. The minimum atomic E-state index is -3.05. The van der Waals surface area contributed by atoms with Crippen molar-refractivity contribution in [1.82, 2.24) is 5.32 Å². The minimum Gasteiger partial charge on any atom is -0.345 e. The average Bonchev–Trinajstić information content (AvgIpc) is 2.90. The second kappa shape index (κ2) is 7.82. The fraction of sp³-hybridized carbons (Fsp3) is 0.381. The van der Waals surface area contributed by atoms with Crippen LogP contribution >= 0.6 is 0 Å². The van der Waals surface area contributed by atoms with E-state index in [1.165, 1.54) is 5.56 Å². The lowest BCUT2D eigenvalue weighted by molar-refractivity contribution is -0.676. The third-order valence-electron chi connectivity index (χ3n) is 5.08. The first-order valence-corrected chi connectivity index (χ1v) is 11.0. The number of hydrogen-bond donors (Lipinski definition) is 2. The molecule has 2 aromatic carbocycles. The largest absolute Gasteiger partial charge is 0.345 e. The maximum atomic E-state index is 12.5. The number of carbonyl (C=O) groups is 1. The van der Waals surface area contributed by atoms with E-state index in [2.05, 4.69) is 48.6 Å². The summed E-state index contributed by atoms with van der Waals surface area (Å²) in [7, 11) is -3.05. The van der Waals surface area contributed by atoms with Gasteiger partial charge in [0.25, 0.3) is 5.91 Å². The first kappa shape index (κ1) is 19.6. The van der Waals surface area contributed by atoms with Crippen LogP contribution in [0.1, 0.15) is 36.1 Å². The number of amides is 1. The molecule has 0 radical (unpaired) electrons. The van der Waals surface area contributed by atoms with Crippen molar-refractivity contribution >= 4 is 15.7 Å². The molecule has 1 fully saturated rings. The van der Waals surface area contributed by atoms with Crippen LogP contribution in [-0.2, 0) is 14.6 Å². The number of sulfone groups is 1. The first-order chi connectivity index (χ1) is 12.8. The van der Waals surface area contributed by atoms with E-state index in [9.17, 15) is 13.2 Å². The van der Waals surface area contributed by atoms with Gasteiger partial charge in [0.05, 0.1) is 17.0 Å². The van der Waals surface area contributed by atoms with Crippen LogP contribution in [0.15, 0.2) is 54.6 Å². The topological polar surface area (TPSA) is 79.8 Å². The number of quaternary nitrogens is 1. The molecule has 1 aliphatic rings. The monoisotopic (exact) mass is 387 g/mol. The van der Waals surface area contributed by atoms with Crippen molar-refractivity contribution in [3.8, 4) is 0 Å². The van der Waals surface area contributed by atoms with E-state index in [4.69, 9.17) is 0 Å². The number of benzene rings is 2. The molecule has 27 heavy (non-hydrogen) atoms. The second-order valence-corrected chi connectivity index (χ2v) is 9.87. The maximum Gasteiger partial charge on any atom is 0.275 e. The Morgan fingerprint density at radius 1 is 1.11 bits per heavy atom. The van der Waals surface area contributed by atoms with Gasteiger partial charge in [-0.25, -0.2) is 8.42 Å². The number of nitrogens with two attached hydrogens (primary N) is 1. The summed E-state index contributed by atoms with van der Waals surface area (Å²) < 4.78 is 23.5. The van der Waals surface area contributed by atoms with E-state index in [0.717, 1.165) is 11.1 Å². The van der Waals surface area contributed by atoms with Gasteiger partial charge in [0.2, 0.25) is 0 Å². The highest BCUT2D eigenvalue weighted by atomic mass is 32.2. The van der Waals surface area contributed by atoms with Crippen LogP contribution in [0, 0.1) is 6.92 Å². The number of nitrogens with one attached hydrogen (secondary N) is 1. The molecule has 5 nitrogen and oxygen atoms in total. The lowest BCUT2D eigenvalue weighted by atomic mass is 9.97. The van der Waals surface area contributed by atoms with E-state index in [-0.39, 0.29) is 30.0 Å². The molecule has 0 unspecified atom stereocenters. The summed E-state index contributed by atoms with van der Waals surface area (Å²) in [6.07, 6.45) is 0.473. The van der Waals surface area contributed by atoms with Crippen LogP contribution in [-0.4, -0.2) is 37.9 Å². The van der Waals surface area contributed by atoms with Gasteiger partial charge in [-0.05, 0) is 20.3 Å². The fourth-order valence-electron chi connectivity index (χ4n) is 3.62. The van der Waals surface area contributed by atoms with Gasteiger partial charge in [0, 0.05) is 11.1 Å². The van der Waals surface area contributed by atoms with Gasteiger partial charge in [-0.15, -0.1) is 0 Å². The fourth-order valence-corrected chi connectivity index (χ4v) is 5.71. The van der Waals surface area contributed by atoms with Gasteiger partial charge in [-0.1, -0.05) is 60.2 Å². The Morgan fingerprint density at radius 2 is 1.74 bits per heavy atom. The highest BCUT2D eigenvalue weighted by Crippen LogP contribution is 2.22. The van der Waals surface area contributed by atoms with Crippen molar-refractivity contribution in [2.75, 3.05) is 18.1 Å². The molecule has 0 saturated carbocycles. The molecule has 1 saturated heterocycles. The molecule has 0 aliphatic carbocycles. The predicted molar refractivity (Wildman–Crippen MR) is 106 cm³/mol. The average molecular weight is 388 g/mol. The normalized spacial score (nSPS) is 22.3. The number of aryl methyl sites for hydroxylation is 1. The van der Waals surface area contributed by atoms with Crippen LogP contribution in [0.25, 0.3) is 0 Å². The Hall–Kier alpha value is -2.18. The molecular weight excluding hydrogens is 360 g/mol. The van der Waals surface area contributed by atoms with Gasteiger partial charge in [-0.3, -0.25) is 4.79 Å². The van der Waals surface area contributed by atoms with Crippen molar-refractivity contribution in [3.05, 3.63) is 71.3 Å². The Morgan fingerprint density at radius 3 is 2.33 bits per heavy atom. The van der Waals surface area contributed by atoms with E-state index < -0.39 is 15.4 Å². The minimum absolute atomic E-state index is 0.0117. The zero-order chi connectivity index (χ0) is 19.5. The van der Waals surface area contributed by atoms with E-state index in [1.807, 2.05) is 30.4 Å². The standard InChI is InChI=1S/C21H26N2O3S/c1-16-8-10-18(11-9-16)20(17-6-4-3-5-7-17)22-14-19(24)23-21(2)12-13-27(25,26)15-21/h3-11,20,22H,12-15H2,1-2H3,(H,23,24)/p+1/t20-,21+/m1/s1. The maximum absolute atomic E-state index is 12.5. The summed E-state index contributed by atoms with van der Waals surface area (Å²) in [5.41, 5.74) is 2.80. The zero-order valence-corrected chi connectivity index (χ0v) is 16.6. The SMILES string of the molecule is Cc1ccc([C@H]([NH2+]CC(=O)N[C@@]2(C)CCS(=O)(=O)C2)c2ccccc2)cc1. The van der Waals surface area contributed by atoms with Gasteiger partial charge >= 0.3 is 0 Å². The lowest BCUT2D eigenvalue weighted by Gasteiger charge is -2.24. The third-order valence-corrected chi connectivity index (χ3v) is 6.98. The Bertz CT molecular complexity index is 895. The predicted octanol–water partition coefficient (Wildman–Crippen LogP) is 1.34. The quantitative estimate of drug-likeness (QED) is 0.785. The van der Waals surface area contributed by atoms with Crippen LogP contribution < -0.4 is 10.6 Å². The van der Waals surface area contributed by atoms with Crippen molar-refractivity contribution in [2.45, 2.75) is 31.8 Å². The third kappa shape index (κ3) is 5.17. The summed E-state index contributed by atoms with van der Waals surface area (Å²) in [4.78, 5) is 12.5. The molecule has 0 bridgehead atoms. The lowest BCUT2D eigenvalue weighted by Crippen LogP contribution is -2.88. The van der Waals surface area contributed by atoms with E-state index in [0.29, 0.717) is 6.42 Å². The number of rotatable bonds is 6. The Balaban J connectivity index is 1.70. The molecule has 1 aliphatic heterocycles. The smallest absolute Gasteiger partial charge is 0.275 e. The summed E-state index contributed by atoms with van der Waals surface area (Å²) in [5, 5.41) is 4.93. The molecule has 144 valence electrons. The van der Waals surface area contributed by atoms with E-state index in [1.54, 1.807) is 0 Å². The van der Waals surface area contributed by atoms with Crippen LogP contribution in [0.5, 0.6) is 0 Å². The van der Waals surface area contributed by atoms with Gasteiger partial charge in [0.15, 0.2) is 16.4 Å². The van der Waals surface area contributed by atoms with Gasteiger partial charge < -0.3 is 10.6 Å². The molecule has 2 atom stereocenters. The first-order valence-electron chi connectivity index (χ1n) is 9.23. The molecular formula is C21H27N2O3S+. The van der Waals surface area contributed by atoms with Gasteiger partial charge in [-0.2, -0.15) is 0 Å². The van der Waals surface area contributed by atoms with Crippen LogP contribution in [0.3, 0.4) is 0 Å². The molecule has 1 heterocycles. The summed E-state index contributed by atoms with van der Waals surface area (Å²) in [6.45, 7) is 4.10. The molecule has 0 spiro atoms. The molecule has 0 aromatic heterocycles. The number of carbonyl (C=O) groups excluding carboxylic acids is 1. The van der Waals surface area contributed by atoms with Crippen molar-refractivity contribution in [2.24, 2.45) is 0 Å². The highest BCUT2D eigenvalue weighted by molar-refractivity contribution is 7.91. The molecule has 6 heteroatoms. The van der Waals surface area contributed by atoms with Gasteiger partial charge in [0.1, 0.15) is 6.04 Å².